The minimum Gasteiger partial charge on any atom is -0.392 e. The van der Waals surface area contributed by atoms with Crippen molar-refractivity contribution in [3.63, 3.8) is 0 Å². The summed E-state index contributed by atoms with van der Waals surface area (Å²) in [6.07, 6.45) is -0.106. The first-order chi connectivity index (χ1) is 13.9. The maximum absolute atomic E-state index is 13.1. The predicted molar refractivity (Wildman–Crippen MR) is 114 cm³/mol. The maximum atomic E-state index is 13.1. The Hall–Kier alpha value is -2.44. The number of anilines is 1. The van der Waals surface area contributed by atoms with E-state index in [2.05, 4.69) is 11.8 Å². The second kappa shape index (κ2) is 8.13. The summed E-state index contributed by atoms with van der Waals surface area (Å²) >= 11 is 0. The Kier molecular flexibility index (Phi) is 5.56. The Labute approximate surface area is 171 Å². The van der Waals surface area contributed by atoms with Crippen LogP contribution in [0.1, 0.15) is 20.3 Å². The van der Waals surface area contributed by atoms with Crippen molar-refractivity contribution in [2.24, 2.45) is 5.92 Å². The van der Waals surface area contributed by atoms with Crippen LogP contribution >= 0.6 is 0 Å². The fourth-order valence-corrected chi connectivity index (χ4v) is 4.61. The Bertz CT molecular complexity index is 908. The highest BCUT2D eigenvalue weighted by Gasteiger charge is 2.39. The van der Waals surface area contributed by atoms with E-state index >= 15 is 0 Å². The number of hydrogen-bond acceptors (Lipinski definition) is 4. The molecule has 0 unspecified atom stereocenters. The summed E-state index contributed by atoms with van der Waals surface area (Å²) in [6, 6.07) is 14.2. The van der Waals surface area contributed by atoms with Crippen molar-refractivity contribution in [1.29, 1.82) is 0 Å². The van der Waals surface area contributed by atoms with Crippen LogP contribution in [0.25, 0.3) is 10.8 Å². The molecule has 154 valence electrons. The molecule has 4 rings (SSSR count). The van der Waals surface area contributed by atoms with Gasteiger partial charge in [-0.3, -0.25) is 14.5 Å². The molecule has 2 aliphatic heterocycles. The van der Waals surface area contributed by atoms with E-state index in [1.165, 1.54) is 0 Å². The fourth-order valence-electron chi connectivity index (χ4n) is 4.61. The van der Waals surface area contributed by atoms with Crippen molar-refractivity contribution in [3.05, 3.63) is 42.5 Å². The lowest BCUT2D eigenvalue weighted by atomic mass is 10.0. The topological polar surface area (TPSA) is 64.1 Å². The van der Waals surface area contributed by atoms with Gasteiger partial charge >= 0.3 is 0 Å². The molecule has 2 amide bonds. The summed E-state index contributed by atoms with van der Waals surface area (Å²) in [5.74, 6) is -0.206. The largest absolute Gasteiger partial charge is 0.392 e. The van der Waals surface area contributed by atoms with Gasteiger partial charge in [-0.15, -0.1) is 0 Å². The number of rotatable bonds is 4. The highest BCUT2D eigenvalue weighted by Crippen LogP contribution is 2.32. The molecule has 2 aliphatic rings. The number of aliphatic hydroxyl groups excluding tert-OH is 1. The van der Waals surface area contributed by atoms with E-state index in [0.29, 0.717) is 26.2 Å². The van der Waals surface area contributed by atoms with Crippen LogP contribution in [0.15, 0.2) is 42.5 Å². The standard InChI is InChI=1S/C23H29N3O3/c1-16-13-25(11-10-24(16)14-17(2)27)23(29)19-12-22(28)26(15-19)21-9-5-7-18-6-3-4-8-20(18)21/h3-9,16-17,19,27H,10-15H2,1-2H3/t16-,17+,19-/m1/s1. The van der Waals surface area contributed by atoms with Gasteiger partial charge < -0.3 is 14.9 Å². The molecule has 29 heavy (non-hydrogen) atoms. The third-order valence-electron chi connectivity index (χ3n) is 6.11. The van der Waals surface area contributed by atoms with E-state index in [0.717, 1.165) is 23.0 Å². The Morgan fingerprint density at radius 2 is 1.90 bits per heavy atom. The quantitative estimate of drug-likeness (QED) is 0.861. The summed E-state index contributed by atoms with van der Waals surface area (Å²) < 4.78 is 0. The first-order valence-electron chi connectivity index (χ1n) is 10.4. The zero-order valence-electron chi connectivity index (χ0n) is 17.1. The molecule has 6 heteroatoms. The number of benzene rings is 2. The number of β-amino-alcohol motifs (C(OH)–C–C–N with tert-alkyl or cyclic N) is 1. The lowest BCUT2D eigenvalue weighted by molar-refractivity contribution is -0.138. The Morgan fingerprint density at radius 3 is 2.66 bits per heavy atom. The lowest BCUT2D eigenvalue weighted by Crippen LogP contribution is -2.56. The number of nitrogens with zero attached hydrogens (tertiary/aromatic N) is 3. The molecule has 2 fully saturated rings. The van der Waals surface area contributed by atoms with E-state index in [9.17, 15) is 14.7 Å². The second-order valence-corrected chi connectivity index (χ2v) is 8.38. The first-order valence-corrected chi connectivity index (χ1v) is 10.4. The summed E-state index contributed by atoms with van der Waals surface area (Å²) in [5.41, 5.74) is 0.888. The molecule has 0 radical (unpaired) electrons. The summed E-state index contributed by atoms with van der Waals surface area (Å²) in [6.45, 7) is 6.99. The van der Waals surface area contributed by atoms with Gasteiger partial charge in [0.2, 0.25) is 11.8 Å². The van der Waals surface area contributed by atoms with Crippen LogP contribution in [-0.2, 0) is 9.59 Å². The molecular formula is C23H29N3O3. The molecule has 3 atom stereocenters. The average molecular weight is 396 g/mol. The van der Waals surface area contributed by atoms with Crippen molar-refractivity contribution in [3.8, 4) is 0 Å². The molecule has 2 saturated heterocycles. The van der Waals surface area contributed by atoms with Crippen LogP contribution in [0, 0.1) is 5.92 Å². The van der Waals surface area contributed by atoms with E-state index < -0.39 is 0 Å². The number of amides is 2. The summed E-state index contributed by atoms with van der Waals surface area (Å²) in [4.78, 5) is 31.8. The summed E-state index contributed by atoms with van der Waals surface area (Å²) in [5, 5.41) is 11.8. The van der Waals surface area contributed by atoms with Gasteiger partial charge in [-0.1, -0.05) is 36.4 Å². The molecule has 0 aliphatic carbocycles. The predicted octanol–water partition coefficient (Wildman–Crippen LogP) is 2.11. The molecule has 2 heterocycles. The van der Waals surface area contributed by atoms with Gasteiger partial charge in [0.15, 0.2) is 0 Å². The summed E-state index contributed by atoms with van der Waals surface area (Å²) in [7, 11) is 0. The van der Waals surface area contributed by atoms with Crippen LogP contribution in [-0.4, -0.2) is 71.6 Å². The van der Waals surface area contributed by atoms with Crippen LogP contribution in [0.5, 0.6) is 0 Å². The second-order valence-electron chi connectivity index (χ2n) is 8.38. The third-order valence-corrected chi connectivity index (χ3v) is 6.11. The van der Waals surface area contributed by atoms with Gasteiger partial charge in [0.1, 0.15) is 0 Å². The Balaban J connectivity index is 1.46. The Morgan fingerprint density at radius 1 is 1.14 bits per heavy atom. The number of fused-ring (bicyclic) bond motifs is 1. The van der Waals surface area contributed by atoms with Crippen LogP contribution in [0.2, 0.25) is 0 Å². The van der Waals surface area contributed by atoms with E-state index in [1.807, 2.05) is 47.4 Å². The van der Waals surface area contributed by atoms with Crippen molar-refractivity contribution < 1.29 is 14.7 Å². The maximum Gasteiger partial charge on any atom is 0.228 e. The van der Waals surface area contributed by atoms with Gasteiger partial charge in [0.25, 0.3) is 0 Å². The number of piperazine rings is 1. The van der Waals surface area contributed by atoms with E-state index in [4.69, 9.17) is 0 Å². The van der Waals surface area contributed by atoms with Crippen molar-refractivity contribution in [2.45, 2.75) is 32.4 Å². The molecule has 2 aromatic carbocycles. The fraction of sp³-hybridized carbons (Fsp3) is 0.478. The van der Waals surface area contributed by atoms with Gasteiger partial charge in [0.05, 0.1) is 17.7 Å². The van der Waals surface area contributed by atoms with Crippen LogP contribution < -0.4 is 4.90 Å². The molecule has 2 aromatic rings. The van der Waals surface area contributed by atoms with E-state index in [1.54, 1.807) is 11.8 Å². The third kappa shape index (κ3) is 4.00. The lowest BCUT2D eigenvalue weighted by Gasteiger charge is -2.41. The zero-order chi connectivity index (χ0) is 20.5. The van der Waals surface area contributed by atoms with Crippen LogP contribution in [0.3, 0.4) is 0 Å². The van der Waals surface area contributed by atoms with E-state index in [-0.39, 0.29) is 36.3 Å². The molecular weight excluding hydrogens is 366 g/mol. The van der Waals surface area contributed by atoms with Gasteiger partial charge in [-0.05, 0) is 25.3 Å². The highest BCUT2D eigenvalue weighted by atomic mass is 16.3. The van der Waals surface area contributed by atoms with Crippen molar-refractivity contribution >= 4 is 28.3 Å². The number of hydrogen-bond donors (Lipinski definition) is 1. The van der Waals surface area contributed by atoms with Crippen molar-refractivity contribution in [1.82, 2.24) is 9.80 Å². The first kappa shape index (κ1) is 19.9. The molecule has 0 bridgehead atoms. The molecule has 1 N–H and O–H groups in total. The SMILES string of the molecule is C[C@H](O)CN1CCN(C(=O)[C@@H]2CC(=O)N(c3cccc4ccccc34)C2)C[C@H]1C. The zero-order valence-corrected chi connectivity index (χ0v) is 17.1. The molecule has 0 aromatic heterocycles. The number of aliphatic hydroxyl groups is 1. The monoisotopic (exact) mass is 395 g/mol. The van der Waals surface area contributed by atoms with Crippen LogP contribution in [0.4, 0.5) is 5.69 Å². The average Bonchev–Trinajstić information content (AvgIpc) is 3.09. The smallest absolute Gasteiger partial charge is 0.228 e. The normalized spacial score (nSPS) is 24.3. The molecule has 0 saturated carbocycles. The number of carbonyl (C=O) groups is 2. The molecule has 6 nitrogen and oxygen atoms in total. The van der Waals surface area contributed by atoms with Gasteiger partial charge in [-0.25, -0.2) is 0 Å². The van der Waals surface area contributed by atoms with Crippen molar-refractivity contribution in [2.75, 3.05) is 37.6 Å². The van der Waals surface area contributed by atoms with Gasteiger partial charge in [-0.2, -0.15) is 0 Å². The number of carbonyl (C=O) groups excluding carboxylic acids is 2. The minimum atomic E-state index is -0.374. The minimum absolute atomic E-state index is 0.0143. The van der Waals surface area contributed by atoms with Gasteiger partial charge in [0, 0.05) is 50.6 Å². The highest BCUT2D eigenvalue weighted by molar-refractivity contribution is 6.07. The molecule has 0 spiro atoms.